The van der Waals surface area contributed by atoms with Crippen LogP contribution in [0.25, 0.3) is 11.3 Å². The maximum absolute atomic E-state index is 14.3. The Morgan fingerprint density at radius 2 is 1.92 bits per heavy atom. The SMILES string of the molecule is Fc1ccccc1-c1nccnc1[C@@H]1CCCN(Cc2cccnc2)C1. The molecule has 1 fully saturated rings. The Hall–Kier alpha value is -2.66. The third kappa shape index (κ3) is 3.63. The lowest BCUT2D eigenvalue weighted by molar-refractivity contribution is 0.198. The highest BCUT2D eigenvalue weighted by Crippen LogP contribution is 2.33. The standard InChI is InChI=1S/C21H21FN4/c22-19-8-2-1-7-18(19)21-20(24-10-11-25-21)17-6-4-12-26(15-17)14-16-5-3-9-23-13-16/h1-3,5,7-11,13,17H,4,6,12,14-15H2/t17-/m1/s1. The van der Waals surface area contributed by atoms with E-state index in [1.54, 1.807) is 30.7 Å². The van der Waals surface area contributed by atoms with E-state index in [1.165, 1.54) is 11.6 Å². The fraction of sp³-hybridized carbons (Fsp3) is 0.286. The van der Waals surface area contributed by atoms with E-state index in [2.05, 4.69) is 25.9 Å². The second kappa shape index (κ2) is 7.70. The molecule has 4 nitrogen and oxygen atoms in total. The first-order valence-electron chi connectivity index (χ1n) is 8.98. The van der Waals surface area contributed by atoms with Crippen LogP contribution in [0.2, 0.25) is 0 Å². The molecule has 1 saturated heterocycles. The third-order valence-electron chi connectivity index (χ3n) is 4.88. The summed E-state index contributed by atoms with van der Waals surface area (Å²) >= 11 is 0. The Labute approximate surface area is 152 Å². The van der Waals surface area contributed by atoms with Gasteiger partial charge in [0.25, 0.3) is 0 Å². The maximum Gasteiger partial charge on any atom is 0.132 e. The Morgan fingerprint density at radius 3 is 2.77 bits per heavy atom. The van der Waals surface area contributed by atoms with Crippen LogP contribution in [-0.2, 0) is 6.54 Å². The average Bonchev–Trinajstić information content (AvgIpc) is 2.69. The molecule has 0 aliphatic carbocycles. The number of hydrogen-bond acceptors (Lipinski definition) is 4. The van der Waals surface area contributed by atoms with Crippen LogP contribution in [0.15, 0.2) is 61.2 Å². The maximum atomic E-state index is 14.3. The smallest absolute Gasteiger partial charge is 0.132 e. The molecule has 3 aromatic rings. The Balaban J connectivity index is 1.59. The molecule has 1 aromatic carbocycles. The molecule has 0 N–H and O–H groups in total. The van der Waals surface area contributed by atoms with Crippen molar-refractivity contribution in [3.63, 3.8) is 0 Å². The lowest BCUT2D eigenvalue weighted by Crippen LogP contribution is -2.34. The summed E-state index contributed by atoms with van der Waals surface area (Å²) in [6, 6.07) is 10.9. The van der Waals surface area contributed by atoms with Gasteiger partial charge in [-0.1, -0.05) is 18.2 Å². The van der Waals surface area contributed by atoms with Crippen LogP contribution in [0.1, 0.15) is 30.0 Å². The average molecular weight is 348 g/mol. The van der Waals surface area contributed by atoms with Gasteiger partial charge in [0, 0.05) is 49.4 Å². The van der Waals surface area contributed by atoms with E-state index in [9.17, 15) is 4.39 Å². The molecular weight excluding hydrogens is 327 g/mol. The van der Waals surface area contributed by atoms with E-state index in [1.807, 2.05) is 18.3 Å². The van der Waals surface area contributed by atoms with Crippen molar-refractivity contribution in [3.8, 4) is 11.3 Å². The molecule has 0 radical (unpaired) electrons. The quantitative estimate of drug-likeness (QED) is 0.713. The minimum absolute atomic E-state index is 0.253. The van der Waals surface area contributed by atoms with Crippen molar-refractivity contribution in [2.24, 2.45) is 0 Å². The Kier molecular flexibility index (Phi) is 4.97. The third-order valence-corrected chi connectivity index (χ3v) is 4.88. The van der Waals surface area contributed by atoms with Crippen LogP contribution in [0.5, 0.6) is 0 Å². The molecule has 132 valence electrons. The van der Waals surface area contributed by atoms with E-state index >= 15 is 0 Å². The number of halogens is 1. The van der Waals surface area contributed by atoms with Gasteiger partial charge in [0.15, 0.2) is 0 Å². The van der Waals surface area contributed by atoms with Crippen LogP contribution in [-0.4, -0.2) is 32.9 Å². The van der Waals surface area contributed by atoms with Crippen molar-refractivity contribution >= 4 is 0 Å². The summed E-state index contributed by atoms with van der Waals surface area (Å²) < 4.78 is 14.3. The van der Waals surface area contributed by atoms with Crippen molar-refractivity contribution in [3.05, 3.63) is 78.3 Å². The summed E-state index contributed by atoms with van der Waals surface area (Å²) in [5.74, 6) is 0.000929. The highest BCUT2D eigenvalue weighted by Gasteiger charge is 2.26. The zero-order chi connectivity index (χ0) is 17.8. The zero-order valence-electron chi connectivity index (χ0n) is 14.6. The minimum atomic E-state index is -0.253. The summed E-state index contributed by atoms with van der Waals surface area (Å²) in [6.45, 7) is 2.83. The molecule has 26 heavy (non-hydrogen) atoms. The van der Waals surface area contributed by atoms with Crippen molar-refractivity contribution in [2.75, 3.05) is 13.1 Å². The minimum Gasteiger partial charge on any atom is -0.298 e. The summed E-state index contributed by atoms with van der Waals surface area (Å²) in [6.07, 6.45) is 9.20. The summed E-state index contributed by atoms with van der Waals surface area (Å²) in [4.78, 5) is 15.7. The van der Waals surface area contributed by atoms with E-state index in [0.717, 1.165) is 38.2 Å². The van der Waals surface area contributed by atoms with Gasteiger partial charge < -0.3 is 0 Å². The Bertz CT molecular complexity index is 869. The molecule has 4 rings (SSSR count). The molecular formula is C21H21FN4. The van der Waals surface area contributed by atoms with E-state index in [4.69, 9.17) is 0 Å². The van der Waals surface area contributed by atoms with Gasteiger partial charge in [-0.25, -0.2) is 4.39 Å². The van der Waals surface area contributed by atoms with Gasteiger partial charge in [0.2, 0.25) is 0 Å². The van der Waals surface area contributed by atoms with Gasteiger partial charge in [0.1, 0.15) is 5.82 Å². The fourth-order valence-corrected chi connectivity index (χ4v) is 3.68. The van der Waals surface area contributed by atoms with E-state index in [-0.39, 0.29) is 11.7 Å². The molecule has 2 aromatic heterocycles. The number of benzene rings is 1. The second-order valence-corrected chi connectivity index (χ2v) is 6.71. The highest BCUT2D eigenvalue weighted by molar-refractivity contribution is 5.62. The summed E-state index contributed by atoms with van der Waals surface area (Å²) in [5, 5.41) is 0. The molecule has 0 amide bonds. The molecule has 1 aliphatic heterocycles. The monoisotopic (exact) mass is 348 g/mol. The molecule has 0 bridgehead atoms. The van der Waals surface area contributed by atoms with Crippen LogP contribution in [0.3, 0.4) is 0 Å². The largest absolute Gasteiger partial charge is 0.298 e. The lowest BCUT2D eigenvalue weighted by Gasteiger charge is -2.33. The highest BCUT2D eigenvalue weighted by atomic mass is 19.1. The predicted octanol–water partition coefficient (Wildman–Crippen LogP) is 4.06. The first kappa shape index (κ1) is 16.8. The number of pyridine rings is 1. The van der Waals surface area contributed by atoms with Gasteiger partial charge in [-0.3, -0.25) is 19.9 Å². The van der Waals surface area contributed by atoms with Crippen LogP contribution >= 0.6 is 0 Å². The first-order chi connectivity index (χ1) is 12.8. The van der Waals surface area contributed by atoms with Gasteiger partial charge >= 0.3 is 0 Å². The topological polar surface area (TPSA) is 41.9 Å². The number of aromatic nitrogens is 3. The van der Waals surface area contributed by atoms with E-state index in [0.29, 0.717) is 11.3 Å². The first-order valence-corrected chi connectivity index (χ1v) is 8.98. The fourth-order valence-electron chi connectivity index (χ4n) is 3.68. The normalized spacial score (nSPS) is 18.0. The number of likely N-dealkylation sites (tertiary alicyclic amines) is 1. The van der Waals surface area contributed by atoms with Crippen LogP contribution < -0.4 is 0 Å². The van der Waals surface area contributed by atoms with Crippen molar-refractivity contribution < 1.29 is 4.39 Å². The lowest BCUT2D eigenvalue weighted by atomic mass is 9.91. The van der Waals surface area contributed by atoms with Gasteiger partial charge in [-0.2, -0.15) is 0 Å². The van der Waals surface area contributed by atoms with Crippen molar-refractivity contribution in [1.82, 2.24) is 19.9 Å². The number of hydrogen-bond donors (Lipinski definition) is 0. The number of piperidine rings is 1. The molecule has 1 aliphatic rings. The molecule has 1 atom stereocenters. The van der Waals surface area contributed by atoms with Crippen molar-refractivity contribution in [1.29, 1.82) is 0 Å². The Morgan fingerprint density at radius 1 is 1.04 bits per heavy atom. The molecule has 0 unspecified atom stereocenters. The van der Waals surface area contributed by atoms with Gasteiger partial charge in [-0.15, -0.1) is 0 Å². The van der Waals surface area contributed by atoms with Crippen molar-refractivity contribution in [2.45, 2.75) is 25.3 Å². The number of nitrogens with zero attached hydrogens (tertiary/aromatic N) is 4. The molecule has 3 heterocycles. The van der Waals surface area contributed by atoms with Gasteiger partial charge in [-0.05, 0) is 43.1 Å². The molecule has 0 saturated carbocycles. The van der Waals surface area contributed by atoms with Gasteiger partial charge in [0.05, 0.1) is 11.4 Å². The number of rotatable bonds is 4. The van der Waals surface area contributed by atoms with Crippen LogP contribution in [0.4, 0.5) is 4.39 Å². The summed E-state index contributed by atoms with van der Waals surface area (Å²) in [5.41, 5.74) is 3.30. The zero-order valence-corrected chi connectivity index (χ0v) is 14.6. The molecule has 0 spiro atoms. The van der Waals surface area contributed by atoms with E-state index < -0.39 is 0 Å². The predicted molar refractivity (Wildman–Crippen MR) is 98.9 cm³/mol. The van der Waals surface area contributed by atoms with Crippen LogP contribution in [0, 0.1) is 5.82 Å². The second-order valence-electron chi connectivity index (χ2n) is 6.71. The molecule has 5 heteroatoms. The summed E-state index contributed by atoms with van der Waals surface area (Å²) in [7, 11) is 0.